The summed E-state index contributed by atoms with van der Waals surface area (Å²) in [6.07, 6.45) is 3.90. The van der Waals surface area contributed by atoms with Crippen LogP contribution in [-0.2, 0) is 4.79 Å². The van der Waals surface area contributed by atoms with Crippen molar-refractivity contribution < 1.29 is 4.79 Å². The maximum atomic E-state index is 9.95. The number of hydrogen-bond acceptors (Lipinski definition) is 2. The third-order valence-electron chi connectivity index (χ3n) is 0.713. The van der Waals surface area contributed by atoms with E-state index in [4.69, 9.17) is 0 Å². The van der Waals surface area contributed by atoms with Crippen LogP contribution in [0.5, 0.6) is 0 Å². The van der Waals surface area contributed by atoms with Gasteiger partial charge in [0.1, 0.15) is 0 Å². The van der Waals surface area contributed by atoms with Gasteiger partial charge in [-0.05, 0) is 6.08 Å². The quantitative estimate of drug-likeness (QED) is 0.326. The summed E-state index contributed by atoms with van der Waals surface area (Å²) < 4.78 is 0. The molecule has 0 rings (SSSR count). The number of carbonyl (C=O) groups is 1. The van der Waals surface area contributed by atoms with Crippen LogP contribution < -0.4 is 5.32 Å². The van der Waals surface area contributed by atoms with Crippen molar-refractivity contribution in [1.82, 2.24) is 5.32 Å². The fourth-order valence-corrected chi connectivity index (χ4v) is 0.309. The third kappa shape index (κ3) is 2.18. The predicted molar refractivity (Wildman–Crippen MR) is 33.4 cm³/mol. The van der Waals surface area contributed by atoms with Crippen molar-refractivity contribution >= 4 is 6.29 Å². The lowest BCUT2D eigenvalue weighted by Crippen LogP contribution is -2.05. The van der Waals surface area contributed by atoms with E-state index in [9.17, 15) is 4.79 Å². The summed E-state index contributed by atoms with van der Waals surface area (Å²) >= 11 is 0. The van der Waals surface area contributed by atoms with Crippen molar-refractivity contribution in [3.05, 3.63) is 24.4 Å². The van der Waals surface area contributed by atoms with Crippen LogP contribution in [0.4, 0.5) is 0 Å². The summed E-state index contributed by atoms with van der Waals surface area (Å²) in [5, 5.41) is 2.67. The average Bonchev–Trinajstić information content (AvgIpc) is 1.83. The van der Waals surface area contributed by atoms with E-state index >= 15 is 0 Å². The van der Waals surface area contributed by atoms with Gasteiger partial charge in [0, 0.05) is 7.05 Å². The molecule has 0 aromatic heterocycles. The van der Waals surface area contributed by atoms with E-state index in [0.29, 0.717) is 5.70 Å². The molecule has 0 aliphatic carbocycles. The van der Waals surface area contributed by atoms with Gasteiger partial charge < -0.3 is 5.32 Å². The Morgan fingerprint density at radius 3 is 2.50 bits per heavy atom. The molecular weight excluding hydrogens is 102 g/mol. The van der Waals surface area contributed by atoms with Gasteiger partial charge in [0.05, 0.1) is 5.70 Å². The molecule has 0 saturated carbocycles. The molecule has 0 aliphatic heterocycles. The lowest BCUT2D eigenvalue weighted by molar-refractivity contribution is -0.105. The first-order valence-electron chi connectivity index (χ1n) is 2.30. The topological polar surface area (TPSA) is 29.1 Å². The van der Waals surface area contributed by atoms with Gasteiger partial charge in [0.2, 0.25) is 0 Å². The van der Waals surface area contributed by atoms with E-state index in [1.54, 1.807) is 19.2 Å². The molecule has 2 nitrogen and oxygen atoms in total. The minimum Gasteiger partial charge on any atom is -0.385 e. The van der Waals surface area contributed by atoms with Crippen LogP contribution >= 0.6 is 0 Å². The molecular formula is C6H9NO. The monoisotopic (exact) mass is 111 g/mol. The molecule has 0 aliphatic rings. The van der Waals surface area contributed by atoms with Gasteiger partial charge in [-0.1, -0.05) is 12.7 Å². The molecule has 44 valence electrons. The number of allylic oxidation sites excluding steroid dienone is 3. The third-order valence-corrected chi connectivity index (χ3v) is 0.713. The molecule has 0 saturated heterocycles. The molecule has 0 aromatic rings. The predicted octanol–water partition coefficient (Wildman–Crippen LogP) is 0.475. The van der Waals surface area contributed by atoms with Crippen LogP contribution in [0.2, 0.25) is 0 Å². The van der Waals surface area contributed by atoms with E-state index in [1.165, 1.54) is 0 Å². The van der Waals surface area contributed by atoms with E-state index in [2.05, 4.69) is 11.9 Å². The van der Waals surface area contributed by atoms with Crippen molar-refractivity contribution in [1.29, 1.82) is 0 Å². The Morgan fingerprint density at radius 1 is 1.75 bits per heavy atom. The van der Waals surface area contributed by atoms with Crippen LogP contribution in [0.1, 0.15) is 0 Å². The van der Waals surface area contributed by atoms with Crippen LogP contribution in [-0.4, -0.2) is 13.3 Å². The zero-order chi connectivity index (χ0) is 6.41. The Morgan fingerprint density at radius 2 is 2.38 bits per heavy atom. The molecule has 0 fully saturated rings. The molecule has 0 amide bonds. The highest BCUT2D eigenvalue weighted by Crippen LogP contribution is 1.79. The number of nitrogens with one attached hydrogen (secondary N) is 1. The highest BCUT2D eigenvalue weighted by atomic mass is 16.1. The van der Waals surface area contributed by atoms with E-state index in [-0.39, 0.29) is 0 Å². The highest BCUT2D eigenvalue weighted by Gasteiger charge is 1.81. The SMILES string of the molecule is C=C/C=C(/C=O)NC. The molecule has 0 unspecified atom stereocenters. The summed E-state index contributed by atoms with van der Waals surface area (Å²) in [4.78, 5) is 9.95. The van der Waals surface area contributed by atoms with E-state index < -0.39 is 0 Å². The zero-order valence-corrected chi connectivity index (χ0v) is 4.85. The number of likely N-dealkylation sites (N-methyl/N-ethyl adjacent to an activating group) is 1. The second-order valence-electron chi connectivity index (χ2n) is 1.23. The van der Waals surface area contributed by atoms with Crippen LogP contribution in [0.25, 0.3) is 0 Å². The van der Waals surface area contributed by atoms with Gasteiger partial charge in [-0.15, -0.1) is 0 Å². The molecule has 1 N–H and O–H groups in total. The van der Waals surface area contributed by atoms with Gasteiger partial charge in [-0.2, -0.15) is 0 Å². The summed E-state index contributed by atoms with van der Waals surface area (Å²) in [7, 11) is 1.68. The lowest BCUT2D eigenvalue weighted by Gasteiger charge is -1.90. The van der Waals surface area contributed by atoms with Gasteiger partial charge in [-0.3, -0.25) is 4.79 Å². The summed E-state index contributed by atoms with van der Waals surface area (Å²) in [5.74, 6) is 0. The van der Waals surface area contributed by atoms with Gasteiger partial charge in [0.25, 0.3) is 0 Å². The van der Waals surface area contributed by atoms with E-state index in [1.807, 2.05) is 0 Å². The van der Waals surface area contributed by atoms with Crippen LogP contribution in [0.3, 0.4) is 0 Å². The molecule has 0 atom stereocenters. The first kappa shape index (κ1) is 6.95. The minimum absolute atomic E-state index is 0.542. The normalized spacial score (nSPS) is 10.4. The fourth-order valence-electron chi connectivity index (χ4n) is 0.309. The fraction of sp³-hybridized carbons (Fsp3) is 0.167. The highest BCUT2D eigenvalue weighted by molar-refractivity contribution is 5.72. The van der Waals surface area contributed by atoms with Crippen molar-refractivity contribution in [3.8, 4) is 0 Å². The second-order valence-corrected chi connectivity index (χ2v) is 1.23. The summed E-state index contributed by atoms with van der Waals surface area (Å²) in [6.45, 7) is 3.42. The van der Waals surface area contributed by atoms with Crippen LogP contribution in [0.15, 0.2) is 24.4 Å². The van der Waals surface area contributed by atoms with Crippen molar-refractivity contribution in [3.63, 3.8) is 0 Å². The number of rotatable bonds is 3. The van der Waals surface area contributed by atoms with Crippen molar-refractivity contribution in [2.24, 2.45) is 0 Å². The first-order chi connectivity index (χ1) is 3.85. The smallest absolute Gasteiger partial charge is 0.165 e. The Bertz CT molecular complexity index is 116. The lowest BCUT2D eigenvalue weighted by atomic mass is 10.4. The average molecular weight is 111 g/mol. The maximum absolute atomic E-state index is 9.95. The van der Waals surface area contributed by atoms with Crippen molar-refractivity contribution in [2.75, 3.05) is 7.05 Å². The number of hydrogen-bond donors (Lipinski definition) is 1. The van der Waals surface area contributed by atoms with Gasteiger partial charge in [0.15, 0.2) is 6.29 Å². The maximum Gasteiger partial charge on any atom is 0.165 e. The summed E-state index contributed by atoms with van der Waals surface area (Å²) in [5.41, 5.74) is 0.542. The molecule has 0 radical (unpaired) electrons. The van der Waals surface area contributed by atoms with Gasteiger partial charge in [-0.25, -0.2) is 0 Å². The molecule has 0 bridgehead atoms. The largest absolute Gasteiger partial charge is 0.385 e. The van der Waals surface area contributed by atoms with Crippen LogP contribution in [0, 0.1) is 0 Å². The number of aldehydes is 1. The standard InChI is InChI=1S/C6H9NO/c1-3-4-6(5-8)7-2/h3-5,7H,1H2,2H3/b6-4-. The summed E-state index contributed by atoms with van der Waals surface area (Å²) in [6, 6.07) is 0. The molecule has 0 heterocycles. The van der Waals surface area contributed by atoms with Gasteiger partial charge >= 0.3 is 0 Å². The Kier molecular flexibility index (Phi) is 3.58. The Balaban J connectivity index is 3.84. The first-order valence-corrected chi connectivity index (χ1v) is 2.30. The second kappa shape index (κ2) is 4.12. The molecule has 8 heavy (non-hydrogen) atoms. The van der Waals surface area contributed by atoms with Crippen molar-refractivity contribution in [2.45, 2.75) is 0 Å². The Labute approximate surface area is 48.9 Å². The number of carbonyl (C=O) groups excluding carboxylic acids is 1. The molecule has 0 aromatic carbocycles. The minimum atomic E-state index is 0.542. The van der Waals surface area contributed by atoms with E-state index in [0.717, 1.165) is 6.29 Å². The zero-order valence-electron chi connectivity index (χ0n) is 4.85. The molecule has 0 spiro atoms. The Hall–Kier alpha value is -1.05. The molecule has 2 heteroatoms.